The molecular formula is C23H18N4O3S2. The van der Waals surface area contributed by atoms with Crippen LogP contribution >= 0.6 is 23.1 Å². The van der Waals surface area contributed by atoms with E-state index >= 15 is 0 Å². The van der Waals surface area contributed by atoms with Gasteiger partial charge in [0.15, 0.2) is 11.0 Å². The number of hydrogen-bond acceptors (Lipinski definition) is 7. The van der Waals surface area contributed by atoms with Crippen LogP contribution in [0.2, 0.25) is 0 Å². The molecule has 0 radical (unpaired) electrons. The summed E-state index contributed by atoms with van der Waals surface area (Å²) in [5, 5.41) is 11.4. The molecule has 3 heterocycles. The number of nitrogens with zero attached hydrogens (tertiary/aromatic N) is 4. The number of carbonyl (C=O) groups excluding carboxylic acids is 2. The van der Waals surface area contributed by atoms with Gasteiger partial charge >= 0.3 is 0 Å². The largest absolute Gasteiger partial charge is 0.495 e. The van der Waals surface area contributed by atoms with Gasteiger partial charge in [-0.15, -0.1) is 21.5 Å². The Kier molecular flexibility index (Phi) is 5.28. The van der Waals surface area contributed by atoms with Crippen LogP contribution in [0.4, 0.5) is 0 Å². The van der Waals surface area contributed by atoms with Gasteiger partial charge in [0, 0.05) is 0 Å². The zero-order valence-corrected chi connectivity index (χ0v) is 18.9. The maximum Gasteiger partial charge on any atom is 0.262 e. The predicted molar refractivity (Wildman–Crippen MR) is 124 cm³/mol. The van der Waals surface area contributed by atoms with Crippen LogP contribution in [0.25, 0.3) is 16.4 Å². The number of thiophene rings is 1. The molecule has 0 atom stereocenters. The van der Waals surface area contributed by atoms with Crippen LogP contribution < -0.4 is 4.74 Å². The first-order valence-corrected chi connectivity index (χ1v) is 11.7. The van der Waals surface area contributed by atoms with Crippen LogP contribution in [0.3, 0.4) is 0 Å². The number of benzene rings is 2. The molecule has 4 aromatic rings. The molecule has 5 rings (SSSR count). The van der Waals surface area contributed by atoms with Crippen LogP contribution in [0.5, 0.6) is 5.75 Å². The molecule has 2 aromatic carbocycles. The van der Waals surface area contributed by atoms with Crippen molar-refractivity contribution < 1.29 is 14.3 Å². The Hall–Kier alpha value is -3.43. The van der Waals surface area contributed by atoms with E-state index in [2.05, 4.69) is 10.2 Å². The first kappa shape index (κ1) is 20.5. The van der Waals surface area contributed by atoms with E-state index in [0.29, 0.717) is 27.9 Å². The Bertz CT molecular complexity index is 1300. The van der Waals surface area contributed by atoms with Gasteiger partial charge in [-0.25, -0.2) is 0 Å². The zero-order chi connectivity index (χ0) is 22.2. The van der Waals surface area contributed by atoms with E-state index in [9.17, 15) is 9.59 Å². The quantitative estimate of drug-likeness (QED) is 0.306. The van der Waals surface area contributed by atoms with Crippen molar-refractivity contribution >= 4 is 34.9 Å². The lowest BCUT2D eigenvalue weighted by atomic mass is 10.1. The van der Waals surface area contributed by atoms with Gasteiger partial charge in [-0.2, -0.15) is 0 Å². The Labute approximate surface area is 192 Å². The molecule has 0 saturated carbocycles. The van der Waals surface area contributed by atoms with Crippen molar-refractivity contribution in [1.29, 1.82) is 0 Å². The maximum absolute atomic E-state index is 12.8. The van der Waals surface area contributed by atoms with Gasteiger partial charge in [0.25, 0.3) is 11.8 Å². The van der Waals surface area contributed by atoms with E-state index in [-0.39, 0.29) is 17.7 Å². The third-order valence-electron chi connectivity index (χ3n) is 5.15. The van der Waals surface area contributed by atoms with Gasteiger partial charge in [0.05, 0.1) is 34.7 Å². The highest BCUT2D eigenvalue weighted by atomic mass is 32.2. The summed E-state index contributed by atoms with van der Waals surface area (Å²) >= 11 is 2.84. The van der Waals surface area contributed by atoms with E-state index in [1.165, 1.54) is 16.7 Å². The van der Waals surface area contributed by atoms with Gasteiger partial charge < -0.3 is 4.74 Å². The lowest BCUT2D eigenvalue weighted by Crippen LogP contribution is -2.29. The number of carbonyl (C=O) groups is 2. The van der Waals surface area contributed by atoms with E-state index in [1.807, 2.05) is 47.2 Å². The summed E-state index contributed by atoms with van der Waals surface area (Å²) in [7, 11) is 1.62. The SMILES string of the molecule is COc1ccc(C)cc1-n1c(SCN2C(=O)c3ccccc3C2=O)nnc1-c1cccs1. The molecule has 160 valence electrons. The number of amides is 2. The third kappa shape index (κ3) is 3.39. The standard InChI is InChI=1S/C23H18N4O3S2/c1-14-9-10-18(30-2)17(12-14)27-20(19-8-5-11-31-19)24-25-23(27)32-13-26-21(28)15-6-3-4-7-16(15)22(26)29/h3-12H,13H2,1-2H3. The number of aromatic nitrogens is 3. The second-order valence-electron chi connectivity index (χ2n) is 7.15. The number of fused-ring (bicyclic) bond motifs is 1. The molecule has 32 heavy (non-hydrogen) atoms. The molecule has 9 heteroatoms. The fourth-order valence-electron chi connectivity index (χ4n) is 3.60. The van der Waals surface area contributed by atoms with Crippen molar-refractivity contribution in [3.8, 4) is 22.1 Å². The van der Waals surface area contributed by atoms with Gasteiger partial charge in [0.2, 0.25) is 0 Å². The monoisotopic (exact) mass is 462 g/mol. The fraction of sp³-hybridized carbons (Fsp3) is 0.130. The average Bonchev–Trinajstić information content (AvgIpc) is 3.53. The normalized spacial score (nSPS) is 13.0. The Morgan fingerprint density at radius 1 is 1.00 bits per heavy atom. The summed E-state index contributed by atoms with van der Waals surface area (Å²) in [6.07, 6.45) is 0. The van der Waals surface area contributed by atoms with E-state index in [1.54, 1.807) is 42.7 Å². The second kappa shape index (κ2) is 8.25. The van der Waals surface area contributed by atoms with Gasteiger partial charge in [0.1, 0.15) is 5.75 Å². The summed E-state index contributed by atoms with van der Waals surface area (Å²) in [5.74, 6) is 0.888. The zero-order valence-electron chi connectivity index (χ0n) is 17.3. The molecule has 2 amide bonds. The molecule has 0 aliphatic carbocycles. The Morgan fingerprint density at radius 3 is 2.41 bits per heavy atom. The molecule has 0 bridgehead atoms. The maximum atomic E-state index is 12.8. The smallest absolute Gasteiger partial charge is 0.262 e. The summed E-state index contributed by atoms with van der Waals surface area (Å²) in [4.78, 5) is 27.7. The average molecular weight is 463 g/mol. The van der Waals surface area contributed by atoms with Gasteiger partial charge in [-0.05, 0) is 48.2 Å². The number of imide groups is 1. The summed E-state index contributed by atoms with van der Waals surface area (Å²) in [6.45, 7) is 2.00. The Balaban J connectivity index is 1.53. The van der Waals surface area contributed by atoms with Crippen LogP contribution in [0, 0.1) is 6.92 Å². The predicted octanol–water partition coefficient (Wildman–Crippen LogP) is 4.66. The van der Waals surface area contributed by atoms with Crippen molar-refractivity contribution in [3.63, 3.8) is 0 Å². The van der Waals surface area contributed by atoms with E-state index in [4.69, 9.17) is 4.74 Å². The molecule has 0 saturated heterocycles. The number of ether oxygens (including phenoxy) is 1. The Morgan fingerprint density at radius 2 is 1.75 bits per heavy atom. The minimum Gasteiger partial charge on any atom is -0.495 e. The highest BCUT2D eigenvalue weighted by Gasteiger charge is 2.35. The highest BCUT2D eigenvalue weighted by molar-refractivity contribution is 7.99. The van der Waals surface area contributed by atoms with E-state index < -0.39 is 0 Å². The van der Waals surface area contributed by atoms with Crippen molar-refractivity contribution in [2.75, 3.05) is 13.0 Å². The number of methoxy groups -OCH3 is 1. The van der Waals surface area contributed by atoms with Gasteiger partial charge in [-0.3, -0.25) is 19.1 Å². The summed E-state index contributed by atoms with van der Waals surface area (Å²) < 4.78 is 7.52. The van der Waals surface area contributed by atoms with Gasteiger partial charge in [-0.1, -0.05) is 36.0 Å². The third-order valence-corrected chi connectivity index (χ3v) is 6.93. The number of thioether (sulfide) groups is 1. The van der Waals surface area contributed by atoms with Crippen molar-refractivity contribution in [3.05, 3.63) is 76.7 Å². The molecule has 0 unspecified atom stereocenters. The number of aryl methyl sites for hydroxylation is 1. The minimum absolute atomic E-state index is 0.128. The second-order valence-corrected chi connectivity index (χ2v) is 9.01. The molecule has 0 fully saturated rings. The molecule has 0 N–H and O–H groups in total. The lowest BCUT2D eigenvalue weighted by Gasteiger charge is -2.16. The molecule has 1 aliphatic heterocycles. The number of hydrogen-bond donors (Lipinski definition) is 0. The molecule has 2 aromatic heterocycles. The molecule has 0 spiro atoms. The van der Waals surface area contributed by atoms with Crippen LogP contribution in [0.1, 0.15) is 26.3 Å². The van der Waals surface area contributed by atoms with Crippen LogP contribution in [0.15, 0.2) is 65.1 Å². The van der Waals surface area contributed by atoms with Crippen LogP contribution in [-0.4, -0.2) is 44.5 Å². The first-order chi connectivity index (χ1) is 15.6. The van der Waals surface area contributed by atoms with Crippen molar-refractivity contribution in [2.24, 2.45) is 0 Å². The highest BCUT2D eigenvalue weighted by Crippen LogP contribution is 2.35. The van der Waals surface area contributed by atoms with Crippen molar-refractivity contribution in [1.82, 2.24) is 19.7 Å². The topological polar surface area (TPSA) is 77.3 Å². The van der Waals surface area contributed by atoms with E-state index in [0.717, 1.165) is 16.1 Å². The summed E-state index contributed by atoms with van der Waals surface area (Å²) in [5.41, 5.74) is 2.71. The lowest BCUT2D eigenvalue weighted by molar-refractivity contribution is 0.0684. The van der Waals surface area contributed by atoms with Crippen LogP contribution in [-0.2, 0) is 0 Å². The first-order valence-electron chi connectivity index (χ1n) is 9.81. The molecule has 1 aliphatic rings. The molecule has 7 nitrogen and oxygen atoms in total. The minimum atomic E-state index is -0.296. The fourth-order valence-corrected chi connectivity index (χ4v) is 5.19. The number of rotatable bonds is 6. The summed E-state index contributed by atoms with van der Waals surface area (Å²) in [6, 6.07) is 16.7. The molecular weight excluding hydrogens is 444 g/mol. The van der Waals surface area contributed by atoms with Crippen molar-refractivity contribution in [2.45, 2.75) is 12.1 Å².